The maximum Gasteiger partial charge on any atom is 0.216 e. The Morgan fingerprint density at radius 3 is 2.42 bits per heavy atom. The van der Waals surface area contributed by atoms with E-state index in [-0.39, 0.29) is 31.4 Å². The van der Waals surface area contributed by atoms with E-state index in [1.54, 1.807) is 30.3 Å². The van der Waals surface area contributed by atoms with E-state index >= 15 is 0 Å². The summed E-state index contributed by atoms with van der Waals surface area (Å²) in [5.41, 5.74) is 9.43. The zero-order valence-electron chi connectivity index (χ0n) is 32.7. The van der Waals surface area contributed by atoms with Crippen LogP contribution in [0.1, 0.15) is 79.8 Å². The second-order valence-electron chi connectivity index (χ2n) is 12.2. The first-order chi connectivity index (χ1) is 25.4. The van der Waals surface area contributed by atoms with Crippen molar-refractivity contribution in [3.63, 3.8) is 0 Å². The zero-order chi connectivity index (χ0) is 37.2. The number of pyridine rings is 3. The van der Waals surface area contributed by atoms with Crippen molar-refractivity contribution in [3.05, 3.63) is 149 Å². The van der Waals surface area contributed by atoms with Gasteiger partial charge < -0.3 is 14.4 Å². The van der Waals surface area contributed by atoms with E-state index in [1.807, 2.05) is 36.5 Å². The molecule has 1 aliphatic carbocycles. The SMILES string of the molecule is [2H]C([2H])([2H])c1ccc(-c2[c-]cccc2)nc1.[2H]C([2H])([2H])c1ccc2c(n1)oc1c(-c3cc(Cc4ccc(C5CCCCC5)cc4)c(C)cn3)[c-]ccc12.[Ir]. The molecule has 243 valence electrons. The smallest absolute Gasteiger partial charge is 0.216 e. The number of aromatic nitrogens is 3. The molecule has 0 spiro atoms. The van der Waals surface area contributed by atoms with Gasteiger partial charge in [-0.15, -0.1) is 54.1 Å². The van der Waals surface area contributed by atoms with Crippen LogP contribution in [-0.4, -0.2) is 15.0 Å². The van der Waals surface area contributed by atoms with Crippen molar-refractivity contribution in [2.75, 3.05) is 0 Å². The maximum absolute atomic E-state index is 7.67. The number of furan rings is 1. The van der Waals surface area contributed by atoms with Crippen LogP contribution >= 0.6 is 0 Å². The van der Waals surface area contributed by atoms with Crippen molar-refractivity contribution < 1.29 is 32.7 Å². The van der Waals surface area contributed by atoms with Gasteiger partial charge in [-0.1, -0.05) is 72.7 Å². The molecule has 5 heteroatoms. The summed E-state index contributed by atoms with van der Waals surface area (Å²) in [6, 6.07) is 35.4. The standard InChI is InChI=1S/C31H29N2O.C12H10N.Ir/c1-20-19-32-29(28-10-6-9-26-27-16-11-21(2)33-31(27)34-30(26)28)18-25(20)17-22-12-14-24(15-13-22)23-7-4-3-5-8-23;1-10-7-8-12(13-9-10)11-5-3-2-4-6-11;/h6,9,11-16,18-19,23H,3-5,7-8,17H2,1-2H3;2-5,7-9H,1H3;/q2*-1;/i2D3;1D3;. The fourth-order valence-corrected chi connectivity index (χ4v) is 6.37. The molecule has 48 heavy (non-hydrogen) atoms. The first kappa shape index (κ1) is 26.5. The van der Waals surface area contributed by atoms with Crippen molar-refractivity contribution >= 4 is 22.1 Å². The molecule has 0 bridgehead atoms. The zero-order valence-corrected chi connectivity index (χ0v) is 29.1. The van der Waals surface area contributed by atoms with Crippen LogP contribution in [0.3, 0.4) is 0 Å². The Balaban J connectivity index is 0.000000246. The molecular formula is C43H39IrN3O-2. The van der Waals surface area contributed by atoms with E-state index in [1.165, 1.54) is 55.0 Å². The minimum atomic E-state index is -2.29. The summed E-state index contributed by atoms with van der Waals surface area (Å²) in [6.45, 7) is -2.29. The summed E-state index contributed by atoms with van der Waals surface area (Å²) in [5, 5.41) is 1.65. The third-order valence-corrected chi connectivity index (χ3v) is 8.97. The number of benzene rings is 3. The molecule has 0 unspecified atom stereocenters. The first-order valence-corrected chi connectivity index (χ1v) is 16.2. The van der Waals surface area contributed by atoms with E-state index in [4.69, 9.17) is 17.6 Å². The minimum absolute atomic E-state index is 0. The molecular weight excluding hydrogens is 767 g/mol. The third-order valence-electron chi connectivity index (χ3n) is 8.97. The summed E-state index contributed by atoms with van der Waals surface area (Å²) in [6.07, 6.45) is 10.8. The summed E-state index contributed by atoms with van der Waals surface area (Å²) in [5.74, 6) is 0.710. The quantitative estimate of drug-likeness (QED) is 0.163. The Bertz CT molecular complexity index is 2330. The molecule has 1 fully saturated rings. The second kappa shape index (κ2) is 15.2. The average Bonchev–Trinajstić information content (AvgIpc) is 3.55. The monoisotopic (exact) mass is 812 g/mol. The largest absolute Gasteiger partial charge is 0.486 e. The molecule has 4 nitrogen and oxygen atoms in total. The van der Waals surface area contributed by atoms with Crippen LogP contribution < -0.4 is 0 Å². The molecule has 1 saturated carbocycles. The molecule has 3 aromatic carbocycles. The van der Waals surface area contributed by atoms with Crippen LogP contribution in [0, 0.1) is 32.8 Å². The summed E-state index contributed by atoms with van der Waals surface area (Å²) in [7, 11) is 0. The fraction of sp³-hybridized carbons (Fsp3) is 0.233. The number of hydrogen-bond acceptors (Lipinski definition) is 4. The van der Waals surface area contributed by atoms with Gasteiger partial charge in [0, 0.05) is 51.8 Å². The van der Waals surface area contributed by atoms with E-state index in [9.17, 15) is 0 Å². The minimum Gasteiger partial charge on any atom is -0.486 e. The van der Waals surface area contributed by atoms with Crippen molar-refractivity contribution in [1.29, 1.82) is 0 Å². The molecule has 4 heterocycles. The van der Waals surface area contributed by atoms with Crippen LogP contribution in [0.25, 0.3) is 44.6 Å². The summed E-state index contributed by atoms with van der Waals surface area (Å²) >= 11 is 0. The number of aryl methyl sites for hydroxylation is 3. The number of hydrogen-bond donors (Lipinski definition) is 0. The molecule has 0 N–H and O–H groups in total. The van der Waals surface area contributed by atoms with Gasteiger partial charge >= 0.3 is 0 Å². The maximum atomic E-state index is 7.67. The van der Waals surface area contributed by atoms with Crippen LogP contribution in [0.4, 0.5) is 0 Å². The van der Waals surface area contributed by atoms with Gasteiger partial charge in [0.15, 0.2) is 0 Å². The average molecular weight is 812 g/mol. The molecule has 7 aromatic rings. The van der Waals surface area contributed by atoms with Gasteiger partial charge in [-0.25, -0.2) is 4.98 Å². The van der Waals surface area contributed by atoms with Crippen molar-refractivity contribution in [1.82, 2.24) is 15.0 Å². The normalized spacial score (nSPS) is 15.5. The van der Waals surface area contributed by atoms with E-state index in [0.717, 1.165) is 45.3 Å². The van der Waals surface area contributed by atoms with E-state index in [2.05, 4.69) is 59.4 Å². The van der Waals surface area contributed by atoms with Crippen LogP contribution in [0.5, 0.6) is 0 Å². The molecule has 0 atom stereocenters. The van der Waals surface area contributed by atoms with Gasteiger partial charge in [0.25, 0.3) is 0 Å². The fourth-order valence-electron chi connectivity index (χ4n) is 6.37. The van der Waals surface area contributed by atoms with E-state index in [0.29, 0.717) is 17.2 Å². The summed E-state index contributed by atoms with van der Waals surface area (Å²) < 4.78 is 50.8. The predicted molar refractivity (Wildman–Crippen MR) is 191 cm³/mol. The summed E-state index contributed by atoms with van der Waals surface area (Å²) in [4.78, 5) is 13.1. The third kappa shape index (κ3) is 7.49. The Morgan fingerprint density at radius 1 is 0.812 bits per heavy atom. The predicted octanol–water partition coefficient (Wildman–Crippen LogP) is 11.0. The van der Waals surface area contributed by atoms with Gasteiger partial charge in [-0.2, -0.15) is 0 Å². The second-order valence-corrected chi connectivity index (χ2v) is 12.2. The Morgan fingerprint density at radius 2 is 1.67 bits per heavy atom. The molecule has 1 aliphatic rings. The van der Waals surface area contributed by atoms with Gasteiger partial charge in [0.1, 0.15) is 0 Å². The molecule has 4 aromatic heterocycles. The van der Waals surface area contributed by atoms with Crippen LogP contribution in [-0.2, 0) is 26.5 Å². The number of nitrogens with zero attached hydrogens (tertiary/aromatic N) is 3. The Kier molecular flexibility index (Phi) is 8.39. The van der Waals surface area contributed by atoms with Crippen molar-refractivity contribution in [2.45, 2.75) is 65.1 Å². The molecule has 8 rings (SSSR count). The topological polar surface area (TPSA) is 51.8 Å². The van der Waals surface area contributed by atoms with E-state index < -0.39 is 13.7 Å². The van der Waals surface area contributed by atoms with Gasteiger partial charge in [0.05, 0.1) is 5.58 Å². The molecule has 1 radical (unpaired) electrons. The number of fused-ring (bicyclic) bond motifs is 3. The molecule has 0 saturated heterocycles. The van der Waals surface area contributed by atoms with Crippen molar-refractivity contribution in [2.24, 2.45) is 0 Å². The van der Waals surface area contributed by atoms with Crippen molar-refractivity contribution in [3.8, 4) is 22.5 Å². The number of rotatable bonds is 5. The molecule has 0 amide bonds. The molecule has 0 aliphatic heterocycles. The van der Waals surface area contributed by atoms with Crippen LogP contribution in [0.2, 0.25) is 0 Å². The van der Waals surface area contributed by atoms with Gasteiger partial charge in [-0.05, 0) is 97.1 Å². The van der Waals surface area contributed by atoms with Gasteiger partial charge in [-0.3, -0.25) is 0 Å². The first-order valence-electron chi connectivity index (χ1n) is 19.2. The Labute approximate surface area is 305 Å². The van der Waals surface area contributed by atoms with Crippen LogP contribution in [0.15, 0.2) is 108 Å². The van der Waals surface area contributed by atoms with Gasteiger partial charge in [0.2, 0.25) is 5.71 Å². The Hall–Kier alpha value is -4.44.